The second kappa shape index (κ2) is 7.06. The molecule has 0 heterocycles. The van der Waals surface area contributed by atoms with Crippen molar-refractivity contribution in [3.8, 4) is 5.75 Å². The van der Waals surface area contributed by atoms with E-state index in [0.717, 1.165) is 17.0 Å². The summed E-state index contributed by atoms with van der Waals surface area (Å²) in [6.45, 7) is 6.81. The highest BCUT2D eigenvalue weighted by atomic mass is 35.5. The molecule has 0 radical (unpaired) electrons. The maximum atomic E-state index is 5.98. The lowest BCUT2D eigenvalue weighted by molar-refractivity contribution is 0.233. The molecule has 1 unspecified atom stereocenters. The predicted octanol–water partition coefficient (Wildman–Crippen LogP) is 5.49. The molecule has 0 aromatic heterocycles. The number of hydrogen-bond acceptors (Lipinski definition) is 2. The highest BCUT2D eigenvalue weighted by Crippen LogP contribution is 2.23. The van der Waals surface area contributed by atoms with Gasteiger partial charge in [-0.3, -0.25) is 0 Å². The molecule has 1 N–H and O–H groups in total. The number of aryl methyl sites for hydroxylation is 2. The van der Waals surface area contributed by atoms with Crippen LogP contribution < -0.4 is 10.1 Å². The van der Waals surface area contributed by atoms with Gasteiger partial charge in [0.25, 0.3) is 0 Å². The van der Waals surface area contributed by atoms with Crippen molar-refractivity contribution in [2.75, 3.05) is 11.9 Å². The largest absolute Gasteiger partial charge is 0.489 e. The van der Waals surface area contributed by atoms with Crippen molar-refractivity contribution in [1.82, 2.24) is 0 Å². The van der Waals surface area contributed by atoms with Gasteiger partial charge in [-0.25, -0.2) is 0 Å². The number of hydrogen-bond donors (Lipinski definition) is 1. The molecule has 2 aromatic rings. The van der Waals surface area contributed by atoms with Gasteiger partial charge < -0.3 is 10.1 Å². The van der Waals surface area contributed by atoms with Gasteiger partial charge in [0, 0.05) is 15.7 Å². The van der Waals surface area contributed by atoms with Crippen LogP contribution in [0, 0.1) is 13.8 Å². The summed E-state index contributed by atoms with van der Waals surface area (Å²) in [7, 11) is 0. The lowest BCUT2D eigenvalue weighted by Crippen LogP contribution is -2.23. The Hall–Kier alpha value is -1.38. The van der Waals surface area contributed by atoms with Crippen molar-refractivity contribution in [1.29, 1.82) is 0 Å². The SMILES string of the molecule is Cc1ccc(C)c(OC(C)CNc2cc(Cl)cc(Cl)c2)c1. The van der Waals surface area contributed by atoms with E-state index in [2.05, 4.69) is 30.4 Å². The number of halogens is 2. The molecule has 21 heavy (non-hydrogen) atoms. The zero-order valence-corrected chi connectivity index (χ0v) is 13.9. The molecule has 4 heteroatoms. The van der Waals surface area contributed by atoms with Crippen LogP contribution in [0.2, 0.25) is 10.0 Å². The molecule has 0 aliphatic rings. The molecule has 0 saturated carbocycles. The normalized spacial score (nSPS) is 12.0. The molecule has 0 saturated heterocycles. The second-order valence-corrected chi connectivity index (χ2v) is 6.11. The van der Waals surface area contributed by atoms with Gasteiger partial charge in [-0.1, -0.05) is 35.3 Å². The van der Waals surface area contributed by atoms with Crippen molar-refractivity contribution < 1.29 is 4.74 Å². The second-order valence-electron chi connectivity index (χ2n) is 5.24. The summed E-state index contributed by atoms with van der Waals surface area (Å²) < 4.78 is 5.98. The highest BCUT2D eigenvalue weighted by Gasteiger charge is 2.07. The summed E-state index contributed by atoms with van der Waals surface area (Å²) >= 11 is 12.0. The fourth-order valence-corrected chi connectivity index (χ4v) is 2.54. The Labute approximate surface area is 136 Å². The van der Waals surface area contributed by atoms with Crippen LogP contribution in [0.3, 0.4) is 0 Å². The highest BCUT2D eigenvalue weighted by molar-refractivity contribution is 6.35. The van der Waals surface area contributed by atoms with Crippen molar-refractivity contribution >= 4 is 28.9 Å². The van der Waals surface area contributed by atoms with Gasteiger partial charge in [-0.2, -0.15) is 0 Å². The van der Waals surface area contributed by atoms with Crippen molar-refractivity contribution in [3.05, 3.63) is 57.6 Å². The number of anilines is 1. The third-order valence-corrected chi connectivity index (χ3v) is 3.56. The summed E-state index contributed by atoms with van der Waals surface area (Å²) in [6.07, 6.45) is 0.0308. The van der Waals surface area contributed by atoms with Gasteiger partial charge in [-0.15, -0.1) is 0 Å². The molecule has 0 aliphatic heterocycles. The van der Waals surface area contributed by atoms with E-state index in [0.29, 0.717) is 16.6 Å². The number of benzene rings is 2. The van der Waals surface area contributed by atoms with E-state index >= 15 is 0 Å². The van der Waals surface area contributed by atoms with Gasteiger partial charge >= 0.3 is 0 Å². The number of rotatable bonds is 5. The topological polar surface area (TPSA) is 21.3 Å². The van der Waals surface area contributed by atoms with E-state index in [4.69, 9.17) is 27.9 Å². The number of ether oxygens (including phenoxy) is 1. The minimum Gasteiger partial charge on any atom is -0.489 e. The average molecular weight is 324 g/mol. The Morgan fingerprint density at radius 3 is 2.38 bits per heavy atom. The molecular weight excluding hydrogens is 305 g/mol. The fraction of sp³-hybridized carbons (Fsp3) is 0.294. The fourth-order valence-electron chi connectivity index (χ4n) is 2.01. The van der Waals surface area contributed by atoms with Crippen LogP contribution >= 0.6 is 23.2 Å². The zero-order valence-electron chi connectivity index (χ0n) is 12.4. The minimum absolute atomic E-state index is 0.0308. The Balaban J connectivity index is 1.95. The summed E-state index contributed by atoms with van der Waals surface area (Å²) in [5.74, 6) is 0.924. The van der Waals surface area contributed by atoms with E-state index in [9.17, 15) is 0 Å². The van der Waals surface area contributed by atoms with Gasteiger partial charge in [0.05, 0.1) is 6.54 Å². The van der Waals surface area contributed by atoms with Crippen LogP contribution in [0.15, 0.2) is 36.4 Å². The lowest BCUT2D eigenvalue weighted by atomic mass is 10.1. The third-order valence-electron chi connectivity index (χ3n) is 3.13. The van der Waals surface area contributed by atoms with Crippen molar-refractivity contribution in [3.63, 3.8) is 0 Å². The first-order valence-corrected chi connectivity index (χ1v) is 7.63. The maximum absolute atomic E-state index is 5.98. The predicted molar refractivity (Wildman–Crippen MR) is 91.0 cm³/mol. The molecule has 0 amide bonds. The quantitative estimate of drug-likeness (QED) is 0.785. The Morgan fingerprint density at radius 1 is 1.05 bits per heavy atom. The summed E-state index contributed by atoms with van der Waals surface area (Å²) in [6, 6.07) is 11.6. The van der Waals surface area contributed by atoms with E-state index in [-0.39, 0.29) is 6.10 Å². The van der Waals surface area contributed by atoms with Crippen LogP contribution in [-0.4, -0.2) is 12.6 Å². The molecular formula is C17H19Cl2NO. The van der Waals surface area contributed by atoms with Crippen LogP contribution in [-0.2, 0) is 0 Å². The molecule has 2 aromatic carbocycles. The van der Waals surface area contributed by atoms with E-state index in [1.807, 2.05) is 26.0 Å². The maximum Gasteiger partial charge on any atom is 0.122 e. The van der Waals surface area contributed by atoms with Crippen LogP contribution in [0.4, 0.5) is 5.69 Å². The van der Waals surface area contributed by atoms with Crippen LogP contribution in [0.5, 0.6) is 5.75 Å². The molecule has 1 atom stereocenters. The number of nitrogens with one attached hydrogen (secondary N) is 1. The molecule has 0 spiro atoms. The molecule has 112 valence electrons. The average Bonchev–Trinajstić information content (AvgIpc) is 2.40. The summed E-state index contributed by atoms with van der Waals surface area (Å²) in [5, 5.41) is 4.52. The van der Waals surface area contributed by atoms with Crippen molar-refractivity contribution in [2.24, 2.45) is 0 Å². The van der Waals surface area contributed by atoms with Gasteiger partial charge in [0.15, 0.2) is 0 Å². The van der Waals surface area contributed by atoms with Crippen molar-refractivity contribution in [2.45, 2.75) is 26.9 Å². The molecule has 0 aliphatic carbocycles. The van der Waals surface area contributed by atoms with E-state index in [1.54, 1.807) is 6.07 Å². The Morgan fingerprint density at radius 2 is 1.71 bits per heavy atom. The molecule has 0 bridgehead atoms. The monoisotopic (exact) mass is 323 g/mol. The first kappa shape index (κ1) is 16.0. The molecule has 2 nitrogen and oxygen atoms in total. The lowest BCUT2D eigenvalue weighted by Gasteiger charge is -2.18. The van der Waals surface area contributed by atoms with Crippen LogP contribution in [0.25, 0.3) is 0 Å². The standard InChI is InChI=1S/C17H19Cl2NO/c1-11-4-5-12(2)17(6-11)21-13(3)10-20-16-8-14(18)7-15(19)9-16/h4-9,13,20H,10H2,1-3H3. The first-order valence-electron chi connectivity index (χ1n) is 6.88. The first-order chi connectivity index (χ1) is 9.94. The van der Waals surface area contributed by atoms with Gasteiger partial charge in [-0.05, 0) is 56.2 Å². The zero-order chi connectivity index (χ0) is 15.4. The molecule has 2 rings (SSSR count). The summed E-state index contributed by atoms with van der Waals surface area (Å²) in [5.41, 5.74) is 3.22. The Bertz CT molecular complexity index is 608. The third kappa shape index (κ3) is 4.83. The Kier molecular flexibility index (Phi) is 5.38. The summed E-state index contributed by atoms with van der Waals surface area (Å²) in [4.78, 5) is 0. The minimum atomic E-state index is 0.0308. The molecule has 0 fully saturated rings. The van der Waals surface area contributed by atoms with E-state index in [1.165, 1.54) is 5.56 Å². The van der Waals surface area contributed by atoms with Gasteiger partial charge in [0.2, 0.25) is 0 Å². The van der Waals surface area contributed by atoms with E-state index < -0.39 is 0 Å². The van der Waals surface area contributed by atoms with Crippen LogP contribution in [0.1, 0.15) is 18.1 Å². The van der Waals surface area contributed by atoms with Gasteiger partial charge in [0.1, 0.15) is 11.9 Å². The smallest absolute Gasteiger partial charge is 0.122 e.